The molecule has 5 aromatic rings. The van der Waals surface area contributed by atoms with E-state index in [4.69, 9.17) is 4.98 Å². The van der Waals surface area contributed by atoms with Gasteiger partial charge in [0, 0.05) is 30.1 Å². The van der Waals surface area contributed by atoms with E-state index in [1.54, 1.807) is 26.7 Å². The molecule has 1 fully saturated rings. The minimum atomic E-state index is -0.435. The minimum absolute atomic E-state index is 0.262. The number of rotatable bonds is 4. The van der Waals surface area contributed by atoms with Crippen LogP contribution in [0.2, 0.25) is 0 Å². The van der Waals surface area contributed by atoms with Gasteiger partial charge in [-0.15, -0.1) is 0 Å². The maximum Gasteiger partial charge on any atom is 0.183 e. The molecule has 0 aliphatic carbocycles. The highest BCUT2D eigenvalue weighted by Crippen LogP contribution is 2.37. The lowest BCUT2D eigenvalue weighted by atomic mass is 10.0. The number of anilines is 1. The molecule has 0 radical (unpaired) electrons. The average Bonchev–Trinajstić information content (AvgIpc) is 3.60. The van der Waals surface area contributed by atoms with Crippen molar-refractivity contribution in [1.29, 1.82) is 0 Å². The lowest BCUT2D eigenvalue weighted by Crippen LogP contribution is -2.24. The van der Waals surface area contributed by atoms with Crippen molar-refractivity contribution in [2.75, 3.05) is 11.4 Å². The number of benzene rings is 1. The third kappa shape index (κ3) is 3.16. The maximum atomic E-state index is 14.5. The third-order valence-electron chi connectivity index (χ3n) is 5.88. The van der Waals surface area contributed by atoms with Crippen molar-refractivity contribution in [1.82, 2.24) is 24.4 Å². The fourth-order valence-corrected chi connectivity index (χ4v) is 5.00. The summed E-state index contributed by atoms with van der Waals surface area (Å²) in [6, 6.07) is 7.28. The van der Waals surface area contributed by atoms with Crippen LogP contribution < -0.4 is 4.90 Å². The molecule has 6 nitrogen and oxygen atoms in total. The predicted octanol–water partition coefficient (Wildman–Crippen LogP) is 5.26. The Morgan fingerprint density at radius 3 is 2.84 bits per heavy atom. The number of nitrogens with zero attached hydrogens (tertiary/aromatic N) is 6. The van der Waals surface area contributed by atoms with Crippen LogP contribution in [0.1, 0.15) is 24.4 Å². The van der Waals surface area contributed by atoms with Crippen LogP contribution in [0.25, 0.3) is 22.5 Å². The zero-order valence-electron chi connectivity index (χ0n) is 16.9. The molecule has 0 amide bonds. The SMILES string of the molecule is Fc1ccc(F)c([C@H]2CCCN2c2ccn3ncc(-n4cc(-c5ccsc5)cn4)c3n2)c1. The minimum Gasteiger partial charge on any atom is -0.349 e. The largest absolute Gasteiger partial charge is 0.349 e. The second-order valence-corrected chi connectivity index (χ2v) is 8.57. The van der Waals surface area contributed by atoms with Crippen molar-refractivity contribution in [3.63, 3.8) is 0 Å². The molecular formula is C23H18F2N6S. The molecule has 4 aromatic heterocycles. The standard InChI is InChI=1S/C23H18F2N6S/c24-17-3-4-19(25)18(10-17)20-2-1-7-29(20)22-5-8-30-23(28-22)21(12-27-30)31-13-16(11-26-31)15-6-9-32-14-15/h3-6,8-14,20H,1-2,7H2/t20-/m1/s1. The number of aromatic nitrogens is 5. The van der Waals surface area contributed by atoms with Gasteiger partial charge in [-0.1, -0.05) is 0 Å². The molecule has 0 saturated carbocycles. The number of fused-ring (bicyclic) bond motifs is 1. The molecule has 1 aromatic carbocycles. The van der Waals surface area contributed by atoms with Gasteiger partial charge in [0.1, 0.15) is 23.1 Å². The molecule has 160 valence electrons. The molecule has 1 saturated heterocycles. The van der Waals surface area contributed by atoms with Crippen LogP contribution in [0.4, 0.5) is 14.6 Å². The van der Waals surface area contributed by atoms with Crippen molar-refractivity contribution in [3.8, 4) is 16.8 Å². The molecule has 32 heavy (non-hydrogen) atoms. The van der Waals surface area contributed by atoms with Crippen molar-refractivity contribution < 1.29 is 8.78 Å². The van der Waals surface area contributed by atoms with E-state index < -0.39 is 11.6 Å². The summed E-state index contributed by atoms with van der Waals surface area (Å²) in [4.78, 5) is 6.88. The third-order valence-corrected chi connectivity index (χ3v) is 6.57. The fourth-order valence-electron chi connectivity index (χ4n) is 4.34. The molecule has 1 aliphatic rings. The average molecular weight is 449 g/mol. The van der Waals surface area contributed by atoms with E-state index in [1.807, 2.05) is 34.9 Å². The molecule has 1 aliphatic heterocycles. The van der Waals surface area contributed by atoms with E-state index in [0.717, 1.165) is 42.3 Å². The monoisotopic (exact) mass is 448 g/mol. The lowest BCUT2D eigenvalue weighted by Gasteiger charge is -2.26. The zero-order valence-corrected chi connectivity index (χ0v) is 17.7. The van der Waals surface area contributed by atoms with Gasteiger partial charge in [0.05, 0.1) is 18.4 Å². The first kappa shape index (κ1) is 19.1. The van der Waals surface area contributed by atoms with Crippen LogP contribution in [0, 0.1) is 11.6 Å². The molecule has 0 unspecified atom stereocenters. The smallest absolute Gasteiger partial charge is 0.183 e. The van der Waals surface area contributed by atoms with Crippen LogP contribution in [0.15, 0.2) is 65.9 Å². The Balaban J connectivity index is 1.39. The zero-order chi connectivity index (χ0) is 21.7. The summed E-state index contributed by atoms with van der Waals surface area (Å²) in [6.45, 7) is 0.720. The first-order valence-corrected chi connectivity index (χ1v) is 11.3. The summed E-state index contributed by atoms with van der Waals surface area (Å²) in [6.07, 6.45) is 8.95. The van der Waals surface area contributed by atoms with Crippen LogP contribution in [0.5, 0.6) is 0 Å². The second-order valence-electron chi connectivity index (χ2n) is 7.79. The molecule has 1 atom stereocenters. The summed E-state index contributed by atoms with van der Waals surface area (Å²) in [5.41, 5.74) is 3.89. The van der Waals surface area contributed by atoms with E-state index in [1.165, 1.54) is 12.1 Å². The summed E-state index contributed by atoms with van der Waals surface area (Å²) in [5.74, 6) is -0.127. The van der Waals surface area contributed by atoms with Crippen molar-refractivity contribution in [2.24, 2.45) is 0 Å². The normalized spacial score (nSPS) is 16.3. The maximum absolute atomic E-state index is 14.5. The topological polar surface area (TPSA) is 51.2 Å². The lowest BCUT2D eigenvalue weighted by molar-refractivity contribution is 0.560. The summed E-state index contributed by atoms with van der Waals surface area (Å²) in [7, 11) is 0. The van der Waals surface area contributed by atoms with Gasteiger partial charge in [-0.3, -0.25) is 0 Å². The molecule has 9 heteroatoms. The predicted molar refractivity (Wildman–Crippen MR) is 119 cm³/mol. The van der Waals surface area contributed by atoms with Gasteiger partial charge in [0.25, 0.3) is 0 Å². The highest BCUT2D eigenvalue weighted by atomic mass is 32.1. The quantitative estimate of drug-likeness (QED) is 0.376. The van der Waals surface area contributed by atoms with E-state index in [9.17, 15) is 8.78 Å². The highest BCUT2D eigenvalue weighted by molar-refractivity contribution is 7.08. The van der Waals surface area contributed by atoms with Crippen LogP contribution in [-0.4, -0.2) is 30.9 Å². The van der Waals surface area contributed by atoms with Crippen molar-refractivity contribution >= 4 is 22.8 Å². The van der Waals surface area contributed by atoms with Gasteiger partial charge in [-0.2, -0.15) is 21.5 Å². The Morgan fingerprint density at radius 1 is 1.03 bits per heavy atom. The molecule has 0 spiro atoms. The molecule has 6 rings (SSSR count). The van der Waals surface area contributed by atoms with Gasteiger partial charge in [-0.25, -0.2) is 23.0 Å². The Kier molecular flexibility index (Phi) is 4.50. The Labute approximate surface area is 186 Å². The van der Waals surface area contributed by atoms with E-state index in [2.05, 4.69) is 21.6 Å². The first-order valence-electron chi connectivity index (χ1n) is 10.3. The Hall–Kier alpha value is -3.59. The van der Waals surface area contributed by atoms with Crippen LogP contribution in [0.3, 0.4) is 0 Å². The first-order chi connectivity index (χ1) is 15.7. The van der Waals surface area contributed by atoms with E-state index >= 15 is 0 Å². The number of thiophene rings is 1. The van der Waals surface area contributed by atoms with Crippen LogP contribution in [-0.2, 0) is 0 Å². The molecule has 0 bridgehead atoms. The van der Waals surface area contributed by atoms with Crippen LogP contribution >= 0.6 is 11.3 Å². The van der Waals surface area contributed by atoms with Gasteiger partial charge in [-0.05, 0) is 59.5 Å². The second kappa shape index (κ2) is 7.52. The summed E-state index contributed by atoms with van der Waals surface area (Å²) < 4.78 is 31.8. The molecule has 5 heterocycles. The van der Waals surface area contributed by atoms with Gasteiger partial charge >= 0.3 is 0 Å². The van der Waals surface area contributed by atoms with Crippen molar-refractivity contribution in [3.05, 3.63) is 83.1 Å². The molecule has 0 N–H and O–H groups in total. The Morgan fingerprint density at radius 2 is 1.97 bits per heavy atom. The Bertz CT molecular complexity index is 1410. The van der Waals surface area contributed by atoms with Gasteiger partial charge < -0.3 is 4.90 Å². The van der Waals surface area contributed by atoms with Gasteiger partial charge in [0.2, 0.25) is 0 Å². The molecular weight excluding hydrogens is 430 g/mol. The highest BCUT2D eigenvalue weighted by Gasteiger charge is 2.30. The number of hydrogen-bond donors (Lipinski definition) is 0. The summed E-state index contributed by atoms with van der Waals surface area (Å²) in [5, 5.41) is 13.0. The number of halogens is 2. The van der Waals surface area contributed by atoms with Gasteiger partial charge in [0.15, 0.2) is 5.65 Å². The number of hydrogen-bond acceptors (Lipinski definition) is 5. The van der Waals surface area contributed by atoms with E-state index in [-0.39, 0.29) is 6.04 Å². The van der Waals surface area contributed by atoms with E-state index in [0.29, 0.717) is 17.0 Å². The van der Waals surface area contributed by atoms with Crippen molar-refractivity contribution in [2.45, 2.75) is 18.9 Å². The fraction of sp³-hybridized carbons (Fsp3) is 0.174. The summed E-state index contributed by atoms with van der Waals surface area (Å²) >= 11 is 1.64.